The molecule has 1 atom stereocenters. The van der Waals surface area contributed by atoms with E-state index in [1.807, 2.05) is 0 Å². The fourth-order valence-corrected chi connectivity index (χ4v) is 2.88. The van der Waals surface area contributed by atoms with Crippen LogP contribution in [-0.4, -0.2) is 6.54 Å². The van der Waals surface area contributed by atoms with Crippen molar-refractivity contribution in [2.24, 2.45) is 0 Å². The fourth-order valence-electron chi connectivity index (χ4n) is 2.36. The average Bonchev–Trinajstić information content (AvgIpc) is 2.41. The van der Waals surface area contributed by atoms with Gasteiger partial charge in [0.2, 0.25) is 0 Å². The number of likely N-dealkylation sites (N-methyl/N-ethyl adjacent to an activating group) is 1. The molecule has 2 aromatic rings. The molecule has 0 amide bonds. The molecule has 0 aliphatic carbocycles. The molecule has 1 nitrogen and oxygen atoms in total. The predicted octanol–water partition coefficient (Wildman–Crippen LogP) is 5.15. The summed E-state index contributed by atoms with van der Waals surface area (Å²) in [4.78, 5) is 0. The smallest absolute Gasteiger partial charge is 0.0542 e. The minimum absolute atomic E-state index is 0.302. The Bertz CT molecular complexity index is 583. The zero-order chi connectivity index (χ0) is 14.5. The molecule has 0 bridgehead atoms. The first-order chi connectivity index (χ1) is 9.60. The van der Waals surface area contributed by atoms with Gasteiger partial charge >= 0.3 is 0 Å². The van der Waals surface area contributed by atoms with Crippen LogP contribution in [0.3, 0.4) is 0 Å². The largest absolute Gasteiger partial charge is 0.310 e. The lowest BCUT2D eigenvalue weighted by Gasteiger charge is -2.19. The molecule has 1 unspecified atom stereocenters. The van der Waals surface area contributed by atoms with Crippen LogP contribution in [0.25, 0.3) is 0 Å². The topological polar surface area (TPSA) is 12.0 Å². The first kappa shape index (κ1) is 15.8. The normalized spacial score (nSPS) is 12.4. The van der Waals surface area contributed by atoms with Gasteiger partial charge < -0.3 is 5.32 Å². The minimum Gasteiger partial charge on any atom is -0.310 e. The summed E-state index contributed by atoms with van der Waals surface area (Å²) in [7, 11) is 0. The second kappa shape index (κ2) is 7.43. The molecule has 0 spiro atoms. The average molecular weight is 400 g/mol. The molecule has 0 aromatic heterocycles. The van der Waals surface area contributed by atoms with Crippen LogP contribution in [0.4, 0.5) is 0 Å². The lowest BCUT2D eigenvalue weighted by Crippen LogP contribution is -2.23. The Balaban J connectivity index is 2.24. The van der Waals surface area contributed by atoms with E-state index in [0.717, 1.165) is 21.6 Å². The van der Waals surface area contributed by atoms with Crippen LogP contribution in [-0.2, 0) is 6.42 Å². The van der Waals surface area contributed by atoms with Crippen LogP contribution < -0.4 is 5.32 Å². The monoisotopic (exact) mass is 399 g/mol. The summed E-state index contributed by atoms with van der Waals surface area (Å²) in [6.45, 7) is 5.21. The van der Waals surface area contributed by atoms with Gasteiger partial charge in [0.05, 0.1) is 5.02 Å². The highest BCUT2D eigenvalue weighted by atomic mass is 127. The number of hydrogen-bond acceptors (Lipinski definition) is 1. The van der Waals surface area contributed by atoms with Gasteiger partial charge in [-0.15, -0.1) is 0 Å². The minimum atomic E-state index is 0.302. The van der Waals surface area contributed by atoms with E-state index in [2.05, 4.69) is 84.2 Å². The number of nitrogens with one attached hydrogen (secondary N) is 1. The molecule has 0 saturated carbocycles. The molecule has 0 radical (unpaired) electrons. The molecule has 0 aliphatic heterocycles. The van der Waals surface area contributed by atoms with Crippen LogP contribution >= 0.6 is 34.2 Å². The molecule has 2 rings (SSSR count). The van der Waals surface area contributed by atoms with Crippen molar-refractivity contribution in [3.8, 4) is 0 Å². The Morgan fingerprint density at radius 2 is 2.00 bits per heavy atom. The van der Waals surface area contributed by atoms with Gasteiger partial charge in [0, 0.05) is 9.61 Å². The highest BCUT2D eigenvalue weighted by Gasteiger charge is 2.12. The van der Waals surface area contributed by atoms with Gasteiger partial charge in [-0.25, -0.2) is 0 Å². The van der Waals surface area contributed by atoms with Gasteiger partial charge in [-0.2, -0.15) is 0 Å². The fraction of sp³-hybridized carbons (Fsp3) is 0.294. The number of hydrogen-bond donors (Lipinski definition) is 1. The summed E-state index contributed by atoms with van der Waals surface area (Å²) in [5.74, 6) is 0. The lowest BCUT2D eigenvalue weighted by atomic mass is 9.98. The lowest BCUT2D eigenvalue weighted by molar-refractivity contribution is 0.549. The van der Waals surface area contributed by atoms with Gasteiger partial charge in [-0.05, 0) is 65.7 Å². The molecule has 3 heteroatoms. The zero-order valence-corrected chi connectivity index (χ0v) is 14.7. The first-order valence-electron chi connectivity index (χ1n) is 6.84. The van der Waals surface area contributed by atoms with Crippen LogP contribution in [0.15, 0.2) is 42.5 Å². The maximum atomic E-state index is 6.25. The van der Waals surface area contributed by atoms with E-state index in [9.17, 15) is 0 Å². The molecule has 0 fully saturated rings. The van der Waals surface area contributed by atoms with E-state index in [4.69, 9.17) is 11.6 Å². The number of halogens is 2. The third-order valence-electron chi connectivity index (χ3n) is 3.32. The molecule has 2 aromatic carbocycles. The van der Waals surface area contributed by atoms with Gasteiger partial charge in [-0.1, -0.05) is 54.4 Å². The van der Waals surface area contributed by atoms with Crippen LogP contribution in [0.5, 0.6) is 0 Å². The third kappa shape index (κ3) is 4.21. The van der Waals surface area contributed by atoms with Crippen molar-refractivity contribution < 1.29 is 0 Å². The van der Waals surface area contributed by atoms with E-state index < -0.39 is 0 Å². The summed E-state index contributed by atoms with van der Waals surface area (Å²) < 4.78 is 1.10. The second-order valence-corrected chi connectivity index (χ2v) is 6.55. The maximum absolute atomic E-state index is 6.25. The van der Waals surface area contributed by atoms with Gasteiger partial charge in [0.1, 0.15) is 0 Å². The van der Waals surface area contributed by atoms with E-state index in [1.165, 1.54) is 16.7 Å². The molecule has 0 aliphatic rings. The Hall–Kier alpha value is -0.580. The number of rotatable bonds is 5. The van der Waals surface area contributed by atoms with Crippen molar-refractivity contribution in [1.82, 2.24) is 5.32 Å². The maximum Gasteiger partial charge on any atom is 0.0542 e. The second-order valence-electron chi connectivity index (χ2n) is 4.98. The van der Waals surface area contributed by atoms with Crippen LogP contribution in [0.2, 0.25) is 5.02 Å². The molecule has 106 valence electrons. The van der Waals surface area contributed by atoms with E-state index in [0.29, 0.717) is 6.04 Å². The molecular formula is C17H19ClIN. The van der Waals surface area contributed by atoms with Crippen molar-refractivity contribution in [2.75, 3.05) is 6.54 Å². The SMILES string of the molecule is CCNC(Cc1cccc(C)c1)c1ccc(I)c(Cl)c1. The molecule has 0 saturated heterocycles. The predicted molar refractivity (Wildman–Crippen MR) is 95.5 cm³/mol. The first-order valence-corrected chi connectivity index (χ1v) is 8.29. The Morgan fingerprint density at radius 1 is 1.20 bits per heavy atom. The van der Waals surface area contributed by atoms with E-state index >= 15 is 0 Å². The van der Waals surface area contributed by atoms with E-state index in [-0.39, 0.29) is 0 Å². The highest BCUT2D eigenvalue weighted by Crippen LogP contribution is 2.25. The van der Waals surface area contributed by atoms with Crippen LogP contribution in [0.1, 0.15) is 29.7 Å². The Labute approximate surface area is 139 Å². The Kier molecular flexibility index (Phi) is 5.87. The summed E-state index contributed by atoms with van der Waals surface area (Å²) in [6.07, 6.45) is 0.979. The zero-order valence-electron chi connectivity index (χ0n) is 11.8. The number of aryl methyl sites for hydroxylation is 1. The third-order valence-corrected chi connectivity index (χ3v) is 4.89. The summed E-state index contributed by atoms with van der Waals surface area (Å²) >= 11 is 8.51. The van der Waals surface area contributed by atoms with Crippen LogP contribution in [0, 0.1) is 10.5 Å². The van der Waals surface area contributed by atoms with E-state index in [1.54, 1.807) is 0 Å². The summed E-state index contributed by atoms with van der Waals surface area (Å²) in [5.41, 5.74) is 3.91. The highest BCUT2D eigenvalue weighted by molar-refractivity contribution is 14.1. The quantitative estimate of drug-likeness (QED) is 0.686. The van der Waals surface area contributed by atoms with Crippen molar-refractivity contribution in [2.45, 2.75) is 26.3 Å². The van der Waals surface area contributed by atoms with Gasteiger partial charge in [0.25, 0.3) is 0 Å². The van der Waals surface area contributed by atoms with Crippen molar-refractivity contribution in [1.29, 1.82) is 0 Å². The molecular weight excluding hydrogens is 381 g/mol. The standard InChI is InChI=1S/C17H19ClIN/c1-3-20-17(10-13-6-4-5-12(2)9-13)14-7-8-16(19)15(18)11-14/h4-9,11,17,20H,3,10H2,1-2H3. The number of benzene rings is 2. The summed E-state index contributed by atoms with van der Waals surface area (Å²) in [5, 5.41) is 4.38. The van der Waals surface area contributed by atoms with Crippen molar-refractivity contribution in [3.63, 3.8) is 0 Å². The van der Waals surface area contributed by atoms with Gasteiger partial charge in [-0.3, -0.25) is 0 Å². The molecule has 0 heterocycles. The summed E-state index contributed by atoms with van der Waals surface area (Å²) in [6, 6.07) is 15.3. The van der Waals surface area contributed by atoms with Crippen molar-refractivity contribution in [3.05, 3.63) is 67.7 Å². The molecule has 20 heavy (non-hydrogen) atoms. The van der Waals surface area contributed by atoms with Crippen molar-refractivity contribution >= 4 is 34.2 Å². The molecule has 1 N–H and O–H groups in total. The van der Waals surface area contributed by atoms with Gasteiger partial charge in [0.15, 0.2) is 0 Å². The Morgan fingerprint density at radius 3 is 2.65 bits per heavy atom.